The third-order valence-corrected chi connectivity index (χ3v) is 9.22. The highest BCUT2D eigenvalue weighted by Crippen LogP contribution is 2.50. The molecule has 0 radical (unpaired) electrons. The Hall–Kier alpha value is -3.59. The van der Waals surface area contributed by atoms with Gasteiger partial charge in [-0.15, -0.1) is 10.2 Å². The van der Waals surface area contributed by atoms with Crippen LogP contribution >= 0.6 is 11.6 Å². The normalized spacial score (nSPS) is 21.4. The summed E-state index contributed by atoms with van der Waals surface area (Å²) in [6, 6.07) is 14.9. The summed E-state index contributed by atoms with van der Waals surface area (Å²) in [4.78, 5) is 34.7. The quantitative estimate of drug-likeness (QED) is 0.289. The predicted octanol–water partition coefficient (Wildman–Crippen LogP) is 6.52. The van der Waals surface area contributed by atoms with Crippen molar-refractivity contribution in [3.8, 4) is 0 Å². The molecule has 43 heavy (non-hydrogen) atoms. The number of hydrogen-bond donors (Lipinski definition) is 2. The monoisotopic (exact) mass is 603 g/mol. The van der Waals surface area contributed by atoms with Gasteiger partial charge in [0.25, 0.3) is 11.8 Å². The zero-order valence-corrected chi connectivity index (χ0v) is 26.5. The number of hydrogen-bond acceptors (Lipinski definition) is 6. The summed E-state index contributed by atoms with van der Waals surface area (Å²) in [7, 11) is 0. The fraction of sp³-hybridized carbons (Fsp3) is 0.515. The van der Waals surface area contributed by atoms with E-state index in [1.807, 2.05) is 48.5 Å². The van der Waals surface area contributed by atoms with E-state index >= 15 is 0 Å². The van der Waals surface area contributed by atoms with E-state index < -0.39 is 5.66 Å². The topological polar surface area (TPSA) is 116 Å². The molecule has 10 heteroatoms. The first kappa shape index (κ1) is 30.9. The number of carbonyl (C=O) groups excluding carboxylic acids is 2. The molecule has 5 rings (SSSR count). The fourth-order valence-corrected chi connectivity index (χ4v) is 6.67. The number of nitrogens with one attached hydrogen (secondary N) is 2. The Bertz CT molecular complexity index is 1450. The Morgan fingerprint density at radius 3 is 2.44 bits per heavy atom. The number of aromatic nitrogens is 4. The first-order chi connectivity index (χ1) is 20.5. The van der Waals surface area contributed by atoms with E-state index in [1.54, 1.807) is 0 Å². The predicted molar refractivity (Wildman–Crippen MR) is 168 cm³/mol. The molecular formula is C33H42ClN7O2. The van der Waals surface area contributed by atoms with Crippen LogP contribution in [0.15, 0.2) is 53.5 Å². The van der Waals surface area contributed by atoms with Crippen molar-refractivity contribution in [3.63, 3.8) is 0 Å². The van der Waals surface area contributed by atoms with E-state index in [-0.39, 0.29) is 29.8 Å². The van der Waals surface area contributed by atoms with Gasteiger partial charge < -0.3 is 10.2 Å². The first-order valence-electron chi connectivity index (χ1n) is 15.3. The summed E-state index contributed by atoms with van der Waals surface area (Å²) >= 11 is 6.36. The highest BCUT2D eigenvalue weighted by atomic mass is 35.5. The molecule has 2 N–H and O–H groups in total. The second-order valence-corrected chi connectivity index (χ2v) is 13.8. The third kappa shape index (κ3) is 6.82. The maximum Gasteiger partial charge on any atom is 0.275 e. The minimum Gasteiger partial charge on any atom is -0.345 e. The van der Waals surface area contributed by atoms with Crippen molar-refractivity contribution in [2.24, 2.45) is 22.2 Å². The number of benzene rings is 2. The SMILES string of the molecule is CC(C)CC[C@H](c1ccc(C(=O)NCc2nn[nH]n2)cc1)N1C(=O)C(c2cccc(Cl)c2)=NC12CCC(C(C)(C)C)CC2. The van der Waals surface area contributed by atoms with Gasteiger partial charge in [-0.05, 0) is 85.6 Å². The van der Waals surface area contributed by atoms with Gasteiger partial charge in [0, 0.05) is 16.1 Å². The van der Waals surface area contributed by atoms with E-state index in [9.17, 15) is 9.59 Å². The summed E-state index contributed by atoms with van der Waals surface area (Å²) in [6.07, 6.45) is 5.41. The lowest BCUT2D eigenvalue weighted by Gasteiger charge is -2.47. The molecule has 1 aliphatic carbocycles. The second-order valence-electron chi connectivity index (χ2n) is 13.4. The third-order valence-electron chi connectivity index (χ3n) is 8.98. The Balaban J connectivity index is 1.48. The lowest BCUT2D eigenvalue weighted by atomic mass is 9.69. The number of tetrazole rings is 1. The number of rotatable bonds is 9. The van der Waals surface area contributed by atoms with Gasteiger partial charge in [0.15, 0.2) is 5.82 Å². The Labute approximate surface area is 258 Å². The summed E-state index contributed by atoms with van der Waals surface area (Å²) in [6.45, 7) is 11.5. The summed E-state index contributed by atoms with van der Waals surface area (Å²) < 4.78 is 0. The highest BCUT2D eigenvalue weighted by Gasteiger charge is 2.52. The van der Waals surface area contributed by atoms with Gasteiger partial charge in [0.05, 0.1) is 12.6 Å². The number of nitrogens with zero attached hydrogens (tertiary/aromatic N) is 5. The average Bonchev–Trinajstić information content (AvgIpc) is 3.59. The molecule has 1 fully saturated rings. The maximum absolute atomic E-state index is 14.5. The highest BCUT2D eigenvalue weighted by molar-refractivity contribution is 6.47. The molecule has 0 saturated heterocycles. The van der Waals surface area contributed by atoms with Crippen LogP contribution in [0, 0.1) is 17.3 Å². The molecule has 3 aromatic rings. The van der Waals surface area contributed by atoms with Crippen LogP contribution in [0.5, 0.6) is 0 Å². The fourth-order valence-electron chi connectivity index (χ4n) is 6.48. The number of aromatic amines is 1. The van der Waals surface area contributed by atoms with Gasteiger partial charge in [-0.3, -0.25) is 14.6 Å². The smallest absolute Gasteiger partial charge is 0.275 e. The van der Waals surface area contributed by atoms with Crippen molar-refractivity contribution in [3.05, 3.63) is 76.1 Å². The van der Waals surface area contributed by atoms with Crippen LogP contribution in [0.3, 0.4) is 0 Å². The van der Waals surface area contributed by atoms with E-state index in [2.05, 4.69) is 65.5 Å². The minimum absolute atomic E-state index is 0.0489. The molecular weight excluding hydrogens is 562 g/mol. The van der Waals surface area contributed by atoms with E-state index in [4.69, 9.17) is 16.6 Å². The lowest BCUT2D eigenvalue weighted by Crippen LogP contribution is -2.51. The van der Waals surface area contributed by atoms with Gasteiger partial charge in [-0.2, -0.15) is 5.21 Å². The average molecular weight is 604 g/mol. The van der Waals surface area contributed by atoms with Gasteiger partial charge >= 0.3 is 0 Å². The zero-order valence-electron chi connectivity index (χ0n) is 25.7. The second kappa shape index (κ2) is 12.6. The van der Waals surface area contributed by atoms with Crippen molar-refractivity contribution in [2.45, 2.75) is 91.4 Å². The van der Waals surface area contributed by atoms with E-state index in [1.165, 1.54) is 0 Å². The number of H-pyrrole nitrogens is 1. The van der Waals surface area contributed by atoms with Crippen LogP contribution in [0.25, 0.3) is 0 Å². The molecule has 1 aromatic heterocycles. The van der Waals surface area contributed by atoms with Crippen molar-refractivity contribution < 1.29 is 9.59 Å². The maximum atomic E-state index is 14.5. The van der Waals surface area contributed by atoms with Crippen LogP contribution in [0.1, 0.15) is 106 Å². The molecule has 1 atom stereocenters. The zero-order chi connectivity index (χ0) is 30.8. The lowest BCUT2D eigenvalue weighted by molar-refractivity contribution is -0.133. The molecule has 0 unspecified atom stereocenters. The van der Waals surface area contributed by atoms with Crippen LogP contribution in [0.2, 0.25) is 5.02 Å². The number of carbonyl (C=O) groups is 2. The number of aliphatic imine (C=N–C) groups is 1. The Kier molecular flexibility index (Phi) is 9.02. The molecule has 2 amide bonds. The molecule has 9 nitrogen and oxygen atoms in total. The Morgan fingerprint density at radius 2 is 1.84 bits per heavy atom. The van der Waals surface area contributed by atoms with Crippen molar-refractivity contribution in [1.82, 2.24) is 30.8 Å². The van der Waals surface area contributed by atoms with Crippen LogP contribution in [-0.2, 0) is 11.3 Å². The molecule has 1 spiro atoms. The number of halogens is 1. The van der Waals surface area contributed by atoms with Crippen molar-refractivity contribution >= 4 is 29.1 Å². The van der Waals surface area contributed by atoms with Gasteiger partial charge in [-0.25, -0.2) is 0 Å². The molecule has 2 aliphatic rings. The number of amides is 2. The molecule has 228 valence electrons. The van der Waals surface area contributed by atoms with Crippen molar-refractivity contribution in [1.29, 1.82) is 0 Å². The first-order valence-corrected chi connectivity index (χ1v) is 15.6. The minimum atomic E-state index is -0.612. The molecule has 2 aromatic carbocycles. The van der Waals surface area contributed by atoms with Crippen molar-refractivity contribution in [2.75, 3.05) is 0 Å². The van der Waals surface area contributed by atoms with Crippen LogP contribution in [-0.4, -0.2) is 48.7 Å². The van der Waals surface area contributed by atoms with E-state index in [0.717, 1.165) is 49.7 Å². The Morgan fingerprint density at radius 1 is 1.12 bits per heavy atom. The molecule has 1 saturated carbocycles. The summed E-state index contributed by atoms with van der Waals surface area (Å²) in [5.41, 5.74) is 2.37. The summed E-state index contributed by atoms with van der Waals surface area (Å²) in [5, 5.41) is 17.1. The summed E-state index contributed by atoms with van der Waals surface area (Å²) in [5.74, 6) is 1.17. The molecule has 1 aliphatic heterocycles. The van der Waals surface area contributed by atoms with Gasteiger partial charge in [-0.1, -0.05) is 75.7 Å². The van der Waals surface area contributed by atoms with Crippen LogP contribution < -0.4 is 5.32 Å². The van der Waals surface area contributed by atoms with Gasteiger partial charge in [0.1, 0.15) is 11.4 Å². The largest absolute Gasteiger partial charge is 0.345 e. The van der Waals surface area contributed by atoms with Crippen LogP contribution in [0.4, 0.5) is 0 Å². The molecule has 0 bridgehead atoms. The standard InChI is InChI=1S/C33H42ClN7O2/c1-21(2)9-14-27(22-10-12-23(13-11-22)30(42)35-20-28-37-39-40-38-28)41-31(43)29(24-7-6-8-26(34)19-24)36-33(41)17-15-25(16-18-33)32(3,4)5/h6-8,10-13,19,21,25,27H,9,14-18,20H2,1-5H3,(H,35,42)(H,37,38,39,40)/t25?,27-,33?/m1/s1. The van der Waals surface area contributed by atoms with Gasteiger partial charge in [0.2, 0.25) is 0 Å². The molecule has 2 heterocycles. The van der Waals surface area contributed by atoms with E-state index in [0.29, 0.717) is 34.0 Å².